The molecule has 0 unspecified atom stereocenters. The number of nitrogens with one attached hydrogen (secondary N) is 2. The summed E-state index contributed by atoms with van der Waals surface area (Å²) in [7, 11) is 1.65. The first-order valence-electron chi connectivity index (χ1n) is 10.0. The molecule has 1 aromatic heterocycles. The number of hydrogen-bond acceptors (Lipinski definition) is 3. The highest BCUT2D eigenvalue weighted by molar-refractivity contribution is 5.99. The van der Waals surface area contributed by atoms with Gasteiger partial charge in [-0.1, -0.05) is 45.6 Å². The Morgan fingerprint density at radius 2 is 2.04 bits per heavy atom. The van der Waals surface area contributed by atoms with Gasteiger partial charge >= 0.3 is 0 Å². The van der Waals surface area contributed by atoms with Gasteiger partial charge in [-0.05, 0) is 31.0 Å². The molecule has 0 radical (unpaired) electrons. The largest absolute Gasteiger partial charge is 0.497 e. The second-order valence-electron chi connectivity index (χ2n) is 6.43. The van der Waals surface area contributed by atoms with Crippen LogP contribution in [0.25, 0.3) is 10.9 Å². The number of aliphatic imine (C=N–C) groups is 1. The maximum Gasteiger partial charge on any atom is 0.209 e. The smallest absolute Gasteiger partial charge is 0.209 e. The van der Waals surface area contributed by atoms with Gasteiger partial charge in [0.1, 0.15) is 5.75 Å². The van der Waals surface area contributed by atoms with E-state index < -0.39 is 0 Å². The van der Waals surface area contributed by atoms with Crippen LogP contribution in [0, 0.1) is 0 Å². The number of benzene rings is 1. The molecule has 0 aliphatic carbocycles. The van der Waals surface area contributed by atoms with E-state index in [2.05, 4.69) is 40.9 Å². The van der Waals surface area contributed by atoms with Crippen LogP contribution in [0.5, 0.6) is 5.75 Å². The van der Waals surface area contributed by atoms with E-state index in [1.54, 1.807) is 13.3 Å². The number of aromatic nitrogens is 1. The van der Waals surface area contributed by atoms with Crippen molar-refractivity contribution in [2.24, 2.45) is 15.8 Å². The van der Waals surface area contributed by atoms with Crippen molar-refractivity contribution in [3.05, 3.63) is 42.6 Å². The number of H-pyrrole nitrogens is 1. The van der Waals surface area contributed by atoms with Gasteiger partial charge in [0.25, 0.3) is 0 Å². The fourth-order valence-corrected chi connectivity index (χ4v) is 2.47. The van der Waals surface area contributed by atoms with Crippen LogP contribution >= 0.6 is 0 Å². The molecule has 6 nitrogen and oxygen atoms in total. The van der Waals surface area contributed by atoms with E-state index in [0.29, 0.717) is 5.96 Å². The molecule has 28 heavy (non-hydrogen) atoms. The molecule has 0 fully saturated rings. The predicted octanol–water partition coefficient (Wildman–Crippen LogP) is 4.97. The molecule has 2 aromatic rings. The maximum absolute atomic E-state index is 5.75. The lowest BCUT2D eigenvalue weighted by Crippen LogP contribution is -2.27. The summed E-state index contributed by atoms with van der Waals surface area (Å²) in [6.45, 7) is 8.67. The van der Waals surface area contributed by atoms with Crippen molar-refractivity contribution in [1.29, 1.82) is 0 Å². The third-order valence-corrected chi connectivity index (χ3v) is 4.11. The molecule has 0 spiro atoms. The molecule has 0 amide bonds. The molecule has 0 aliphatic rings. The lowest BCUT2D eigenvalue weighted by atomic mass is 10.2. The van der Waals surface area contributed by atoms with Crippen LogP contribution in [0.4, 0.5) is 0 Å². The SMILES string of the molecule is C=CCCCC.CCCCCN=C(N)N/N=C/c1c[nH]c2ccc(OC)cc12. The molecule has 0 aliphatic heterocycles. The van der Waals surface area contributed by atoms with Gasteiger partial charge in [0, 0.05) is 29.2 Å². The van der Waals surface area contributed by atoms with Crippen molar-refractivity contribution in [3.8, 4) is 5.75 Å². The second kappa shape index (κ2) is 14.3. The number of nitrogens with two attached hydrogens (primary N) is 1. The number of rotatable bonds is 10. The number of guanidine groups is 1. The Kier molecular flexibility index (Phi) is 11.9. The lowest BCUT2D eigenvalue weighted by molar-refractivity contribution is 0.415. The fourth-order valence-electron chi connectivity index (χ4n) is 2.47. The number of fused-ring (bicyclic) bond motifs is 1. The lowest BCUT2D eigenvalue weighted by Gasteiger charge is -2.00. The molecule has 1 heterocycles. The van der Waals surface area contributed by atoms with Crippen molar-refractivity contribution >= 4 is 23.1 Å². The van der Waals surface area contributed by atoms with Crippen LogP contribution in [-0.2, 0) is 0 Å². The first kappa shape index (κ1) is 23.3. The highest BCUT2D eigenvalue weighted by atomic mass is 16.5. The van der Waals surface area contributed by atoms with E-state index in [0.717, 1.165) is 41.6 Å². The summed E-state index contributed by atoms with van der Waals surface area (Å²) >= 11 is 0. The van der Waals surface area contributed by atoms with Gasteiger partial charge in [0.15, 0.2) is 0 Å². The van der Waals surface area contributed by atoms with E-state index in [4.69, 9.17) is 10.5 Å². The highest BCUT2D eigenvalue weighted by Gasteiger charge is 2.03. The number of aromatic amines is 1. The standard InChI is InChI=1S/C16H23N5O.C6H12/c1-3-4-5-8-18-16(17)21-20-11-12-10-19-15-7-6-13(22-2)9-14(12)15;1-3-5-6-4-2/h6-7,9-11,19H,3-5,8H2,1-2H3,(H3,17,18,21);3H,1,4-6H2,2H3/b20-11+;. The van der Waals surface area contributed by atoms with Crippen molar-refractivity contribution < 1.29 is 4.74 Å². The monoisotopic (exact) mass is 385 g/mol. The van der Waals surface area contributed by atoms with Crippen molar-refractivity contribution in [3.63, 3.8) is 0 Å². The molecule has 154 valence electrons. The van der Waals surface area contributed by atoms with Gasteiger partial charge in [-0.3, -0.25) is 4.99 Å². The van der Waals surface area contributed by atoms with Crippen LogP contribution in [0.15, 0.2) is 47.1 Å². The van der Waals surface area contributed by atoms with Gasteiger partial charge in [-0.25, -0.2) is 5.43 Å². The fraction of sp³-hybridized carbons (Fsp3) is 0.455. The van der Waals surface area contributed by atoms with E-state index in [-0.39, 0.29) is 0 Å². The van der Waals surface area contributed by atoms with Gasteiger partial charge in [-0.2, -0.15) is 5.10 Å². The zero-order chi connectivity index (χ0) is 20.6. The summed E-state index contributed by atoms with van der Waals surface area (Å²) in [6.07, 6.45) is 12.7. The summed E-state index contributed by atoms with van der Waals surface area (Å²) in [4.78, 5) is 7.40. The molecular weight excluding hydrogens is 350 g/mol. The number of hydrazone groups is 1. The summed E-state index contributed by atoms with van der Waals surface area (Å²) in [5.41, 5.74) is 10.5. The number of hydrogen-bond donors (Lipinski definition) is 3. The average molecular weight is 386 g/mol. The van der Waals surface area contributed by atoms with Gasteiger partial charge in [0.05, 0.1) is 13.3 Å². The Labute approximate surface area is 169 Å². The zero-order valence-corrected chi connectivity index (χ0v) is 17.5. The third-order valence-electron chi connectivity index (χ3n) is 4.11. The summed E-state index contributed by atoms with van der Waals surface area (Å²) in [6, 6.07) is 5.86. The Balaban J connectivity index is 0.000000568. The first-order valence-corrected chi connectivity index (χ1v) is 10.0. The second-order valence-corrected chi connectivity index (χ2v) is 6.43. The average Bonchev–Trinajstić information content (AvgIpc) is 3.12. The summed E-state index contributed by atoms with van der Waals surface area (Å²) in [5, 5.41) is 5.17. The van der Waals surface area contributed by atoms with E-state index in [1.165, 1.54) is 25.7 Å². The van der Waals surface area contributed by atoms with Crippen molar-refractivity contribution in [1.82, 2.24) is 10.4 Å². The zero-order valence-electron chi connectivity index (χ0n) is 17.5. The van der Waals surface area contributed by atoms with Crippen LogP contribution in [0.3, 0.4) is 0 Å². The summed E-state index contributed by atoms with van der Waals surface area (Å²) in [5.74, 6) is 1.15. The Hall–Kier alpha value is -2.76. The van der Waals surface area contributed by atoms with Crippen LogP contribution in [0.1, 0.15) is 57.9 Å². The third kappa shape index (κ3) is 8.75. The number of unbranched alkanes of at least 4 members (excludes halogenated alkanes) is 4. The molecule has 0 saturated heterocycles. The molecule has 0 atom stereocenters. The van der Waals surface area contributed by atoms with Crippen molar-refractivity contribution in [2.75, 3.05) is 13.7 Å². The Bertz CT molecular complexity index is 748. The van der Waals surface area contributed by atoms with Crippen LogP contribution in [0.2, 0.25) is 0 Å². The number of allylic oxidation sites excluding steroid dienone is 1. The first-order chi connectivity index (χ1) is 13.7. The molecule has 1 aromatic carbocycles. The predicted molar refractivity (Wildman–Crippen MR) is 121 cm³/mol. The number of nitrogens with zero attached hydrogens (tertiary/aromatic N) is 2. The molecular formula is C22H35N5O. The molecule has 0 saturated carbocycles. The topological polar surface area (TPSA) is 87.8 Å². The minimum absolute atomic E-state index is 0.338. The number of ether oxygens (including phenoxy) is 1. The van der Waals surface area contributed by atoms with Gasteiger partial charge < -0.3 is 15.5 Å². The van der Waals surface area contributed by atoms with Crippen LogP contribution < -0.4 is 15.9 Å². The minimum Gasteiger partial charge on any atom is -0.497 e. The maximum atomic E-state index is 5.75. The molecule has 0 bridgehead atoms. The van der Waals surface area contributed by atoms with E-state index >= 15 is 0 Å². The quantitative estimate of drug-likeness (QED) is 0.177. The normalized spacial score (nSPS) is 11.3. The highest BCUT2D eigenvalue weighted by Crippen LogP contribution is 2.22. The van der Waals surface area contributed by atoms with Gasteiger partial charge in [-0.15, -0.1) is 6.58 Å². The van der Waals surface area contributed by atoms with Crippen molar-refractivity contribution in [2.45, 2.75) is 52.4 Å². The van der Waals surface area contributed by atoms with Crippen LogP contribution in [-0.4, -0.2) is 30.8 Å². The van der Waals surface area contributed by atoms with E-state index in [1.807, 2.05) is 30.5 Å². The minimum atomic E-state index is 0.338. The summed E-state index contributed by atoms with van der Waals surface area (Å²) < 4.78 is 5.24. The Morgan fingerprint density at radius 1 is 1.25 bits per heavy atom. The molecule has 4 N–H and O–H groups in total. The number of methoxy groups -OCH3 is 1. The molecule has 6 heteroatoms. The van der Waals surface area contributed by atoms with E-state index in [9.17, 15) is 0 Å². The van der Waals surface area contributed by atoms with Gasteiger partial charge in [0.2, 0.25) is 5.96 Å². The molecule has 2 rings (SSSR count). The Morgan fingerprint density at radius 3 is 2.68 bits per heavy atom.